The fourth-order valence-corrected chi connectivity index (χ4v) is 2.02. The first kappa shape index (κ1) is 14.2. The second kappa shape index (κ2) is 5.21. The molecule has 0 fully saturated rings. The Morgan fingerprint density at radius 2 is 1.82 bits per heavy atom. The normalized spacial score (nSPS) is 11.7. The predicted molar refractivity (Wildman–Crippen MR) is 73.9 cm³/mol. The molecule has 0 atom stereocenters. The van der Waals surface area contributed by atoms with Crippen LogP contribution in [0.25, 0.3) is 0 Å². The van der Waals surface area contributed by atoms with Crippen LogP contribution in [-0.4, -0.2) is 23.6 Å². The molecule has 0 aliphatic heterocycles. The summed E-state index contributed by atoms with van der Waals surface area (Å²) < 4.78 is 0. The van der Waals surface area contributed by atoms with Gasteiger partial charge in [0.2, 0.25) is 0 Å². The molecule has 1 aromatic heterocycles. The maximum Gasteiger partial charge on any atom is 0.137 e. The van der Waals surface area contributed by atoms with Gasteiger partial charge in [0, 0.05) is 25.6 Å². The van der Waals surface area contributed by atoms with Crippen molar-refractivity contribution in [3.05, 3.63) is 16.5 Å². The zero-order valence-electron chi connectivity index (χ0n) is 11.6. The molecule has 1 heterocycles. The van der Waals surface area contributed by atoms with E-state index < -0.39 is 0 Å². The van der Waals surface area contributed by atoms with Crippen molar-refractivity contribution in [1.82, 2.24) is 9.97 Å². The predicted octanol–water partition coefficient (Wildman–Crippen LogP) is 3.48. The lowest BCUT2D eigenvalue weighted by Crippen LogP contribution is -2.30. The highest BCUT2D eigenvalue weighted by molar-refractivity contribution is 6.30. The average Bonchev–Trinajstić information content (AvgIpc) is 2.19. The van der Waals surface area contributed by atoms with Crippen molar-refractivity contribution in [2.75, 3.05) is 18.5 Å². The Morgan fingerprint density at radius 3 is 2.29 bits per heavy atom. The molecule has 0 bridgehead atoms. The Balaban J connectivity index is 3.08. The third-order valence-electron chi connectivity index (χ3n) is 2.50. The number of aromatic nitrogens is 2. The molecule has 1 aromatic rings. The Bertz CT molecular complexity index is 396. The second-order valence-corrected chi connectivity index (χ2v) is 6.01. The number of aryl methyl sites for hydroxylation is 1. The van der Waals surface area contributed by atoms with Gasteiger partial charge < -0.3 is 4.90 Å². The molecule has 96 valence electrons. The molecule has 1 rings (SSSR count). The van der Waals surface area contributed by atoms with Gasteiger partial charge in [0.05, 0.1) is 0 Å². The van der Waals surface area contributed by atoms with E-state index in [1.54, 1.807) is 0 Å². The molecule has 4 heteroatoms. The van der Waals surface area contributed by atoms with E-state index in [1.807, 2.05) is 13.8 Å². The zero-order chi connectivity index (χ0) is 13.2. The third kappa shape index (κ3) is 3.84. The van der Waals surface area contributed by atoms with Crippen LogP contribution in [0, 0.1) is 12.3 Å². The van der Waals surface area contributed by atoms with Crippen molar-refractivity contribution < 1.29 is 0 Å². The van der Waals surface area contributed by atoms with Gasteiger partial charge in [0.1, 0.15) is 16.8 Å². The van der Waals surface area contributed by atoms with E-state index >= 15 is 0 Å². The van der Waals surface area contributed by atoms with Crippen molar-refractivity contribution in [2.24, 2.45) is 5.41 Å². The summed E-state index contributed by atoms with van der Waals surface area (Å²) in [6.45, 7) is 11.6. The van der Waals surface area contributed by atoms with Gasteiger partial charge in [-0.05, 0) is 12.3 Å². The molecule has 0 amide bonds. The van der Waals surface area contributed by atoms with E-state index in [1.165, 1.54) is 0 Å². The van der Waals surface area contributed by atoms with Crippen molar-refractivity contribution >= 4 is 17.4 Å². The topological polar surface area (TPSA) is 29.0 Å². The van der Waals surface area contributed by atoms with E-state index in [0.29, 0.717) is 5.15 Å². The van der Waals surface area contributed by atoms with Crippen LogP contribution in [0.1, 0.15) is 39.1 Å². The monoisotopic (exact) mass is 255 g/mol. The van der Waals surface area contributed by atoms with Gasteiger partial charge in [-0.3, -0.25) is 0 Å². The zero-order valence-corrected chi connectivity index (χ0v) is 12.4. The van der Waals surface area contributed by atoms with Gasteiger partial charge in [0.15, 0.2) is 0 Å². The van der Waals surface area contributed by atoms with Gasteiger partial charge >= 0.3 is 0 Å². The number of anilines is 1. The molecule has 0 saturated carbocycles. The smallest absolute Gasteiger partial charge is 0.137 e. The van der Waals surface area contributed by atoms with E-state index in [-0.39, 0.29) is 5.41 Å². The molecule has 3 nitrogen and oxygen atoms in total. The molecule has 0 N–H and O–H groups in total. The lowest BCUT2D eigenvalue weighted by molar-refractivity contribution is 0.417. The molecular formula is C13H22ClN3. The highest BCUT2D eigenvalue weighted by atomic mass is 35.5. The number of hydrogen-bond donors (Lipinski definition) is 0. The summed E-state index contributed by atoms with van der Waals surface area (Å²) in [5.74, 6) is 1.74. The Hall–Kier alpha value is -0.830. The summed E-state index contributed by atoms with van der Waals surface area (Å²) in [6.07, 6.45) is 0.802. The van der Waals surface area contributed by atoms with Crippen LogP contribution < -0.4 is 4.90 Å². The first-order valence-corrected chi connectivity index (χ1v) is 6.36. The fourth-order valence-electron chi connectivity index (χ4n) is 1.84. The quantitative estimate of drug-likeness (QED) is 0.775. The minimum atomic E-state index is 0.227. The number of hydrogen-bond acceptors (Lipinski definition) is 3. The summed E-state index contributed by atoms with van der Waals surface area (Å²) in [5, 5.41) is 0.563. The molecular weight excluding hydrogens is 234 g/mol. The number of nitrogens with zero attached hydrogens (tertiary/aromatic N) is 3. The van der Waals surface area contributed by atoms with Crippen molar-refractivity contribution in [3.63, 3.8) is 0 Å². The molecule has 0 radical (unpaired) electrons. The molecule has 0 spiro atoms. The molecule has 0 unspecified atom stereocenters. The van der Waals surface area contributed by atoms with Crippen LogP contribution in [0.15, 0.2) is 0 Å². The second-order valence-electron chi connectivity index (χ2n) is 5.65. The maximum absolute atomic E-state index is 6.14. The van der Waals surface area contributed by atoms with Gasteiger partial charge in [-0.25, -0.2) is 9.97 Å². The number of rotatable bonds is 3. The lowest BCUT2D eigenvalue weighted by Gasteiger charge is -2.28. The fraction of sp³-hybridized carbons (Fsp3) is 0.692. The highest BCUT2D eigenvalue weighted by Crippen LogP contribution is 2.25. The lowest BCUT2D eigenvalue weighted by atomic mass is 9.96. The standard InChI is InChI=1S/C13H22ClN3/c1-7-10-15-11(14)9(2)12(16-10)17(6)8-13(3,4)5/h7-8H2,1-6H3. The average molecular weight is 256 g/mol. The van der Waals surface area contributed by atoms with E-state index in [9.17, 15) is 0 Å². The largest absolute Gasteiger partial charge is 0.359 e. The van der Waals surface area contributed by atoms with Gasteiger partial charge in [-0.1, -0.05) is 39.3 Å². The van der Waals surface area contributed by atoms with Crippen LogP contribution in [-0.2, 0) is 6.42 Å². The SMILES string of the molecule is CCc1nc(Cl)c(C)c(N(C)CC(C)(C)C)n1. The molecule has 0 aliphatic rings. The van der Waals surface area contributed by atoms with Crippen LogP contribution in [0.3, 0.4) is 0 Å². The minimum absolute atomic E-state index is 0.227. The van der Waals surface area contributed by atoms with E-state index in [4.69, 9.17) is 11.6 Å². The molecule has 0 aliphatic carbocycles. The van der Waals surface area contributed by atoms with E-state index in [0.717, 1.165) is 30.2 Å². The summed E-state index contributed by atoms with van der Waals surface area (Å²) in [4.78, 5) is 11.0. The summed E-state index contributed by atoms with van der Waals surface area (Å²) in [6, 6.07) is 0. The van der Waals surface area contributed by atoms with Gasteiger partial charge in [-0.15, -0.1) is 0 Å². The maximum atomic E-state index is 6.14. The highest BCUT2D eigenvalue weighted by Gasteiger charge is 2.18. The third-order valence-corrected chi connectivity index (χ3v) is 2.86. The molecule has 0 saturated heterocycles. The Labute approximate surface area is 109 Å². The first-order chi connectivity index (χ1) is 7.74. The first-order valence-electron chi connectivity index (χ1n) is 5.98. The summed E-state index contributed by atoms with van der Waals surface area (Å²) >= 11 is 6.14. The van der Waals surface area contributed by atoms with Crippen molar-refractivity contribution in [2.45, 2.75) is 41.0 Å². The Morgan fingerprint density at radius 1 is 1.24 bits per heavy atom. The van der Waals surface area contributed by atoms with Crippen molar-refractivity contribution in [1.29, 1.82) is 0 Å². The van der Waals surface area contributed by atoms with Crippen LogP contribution >= 0.6 is 11.6 Å². The summed E-state index contributed by atoms with van der Waals surface area (Å²) in [5.41, 5.74) is 1.18. The minimum Gasteiger partial charge on any atom is -0.359 e. The van der Waals surface area contributed by atoms with Crippen LogP contribution in [0.4, 0.5) is 5.82 Å². The van der Waals surface area contributed by atoms with Crippen LogP contribution in [0.5, 0.6) is 0 Å². The van der Waals surface area contributed by atoms with E-state index in [2.05, 4.69) is 42.7 Å². The van der Waals surface area contributed by atoms with Gasteiger partial charge in [0.25, 0.3) is 0 Å². The van der Waals surface area contributed by atoms with Crippen LogP contribution in [0.2, 0.25) is 5.15 Å². The molecule has 0 aromatic carbocycles. The van der Waals surface area contributed by atoms with Gasteiger partial charge in [-0.2, -0.15) is 0 Å². The molecule has 17 heavy (non-hydrogen) atoms. The Kier molecular flexibility index (Phi) is 4.36. The van der Waals surface area contributed by atoms with Crippen molar-refractivity contribution in [3.8, 4) is 0 Å². The number of halogens is 1. The summed E-state index contributed by atoms with van der Waals surface area (Å²) in [7, 11) is 2.05.